The van der Waals surface area contributed by atoms with E-state index in [0.717, 1.165) is 0 Å². The Bertz CT molecular complexity index is 478. The summed E-state index contributed by atoms with van der Waals surface area (Å²) >= 11 is 0. The van der Waals surface area contributed by atoms with Gasteiger partial charge in [0, 0.05) is 5.57 Å². The largest absolute Gasteiger partial charge is 0.423 e. The lowest BCUT2D eigenvalue weighted by Crippen LogP contribution is -2.46. The SMILES string of the molecule is C=CC(C)(O)C1CCC(C)(C=C2C=C(C)C(=O)O2)OO1. The van der Waals surface area contributed by atoms with Crippen molar-refractivity contribution in [2.45, 2.75) is 50.9 Å². The number of carbonyl (C=O) groups excluding carboxylic acids is 1. The number of hydrogen-bond donors (Lipinski definition) is 1. The number of hydrogen-bond acceptors (Lipinski definition) is 5. The van der Waals surface area contributed by atoms with Gasteiger partial charge in [-0.1, -0.05) is 6.08 Å². The van der Waals surface area contributed by atoms with Crippen LogP contribution in [0.2, 0.25) is 0 Å². The van der Waals surface area contributed by atoms with Crippen molar-refractivity contribution in [3.8, 4) is 0 Å². The average molecular weight is 280 g/mol. The van der Waals surface area contributed by atoms with Crippen LogP contribution in [0.3, 0.4) is 0 Å². The maximum atomic E-state index is 11.3. The predicted octanol–water partition coefficient (Wildman–Crippen LogP) is 2.18. The van der Waals surface area contributed by atoms with E-state index >= 15 is 0 Å². The summed E-state index contributed by atoms with van der Waals surface area (Å²) in [7, 11) is 0. The van der Waals surface area contributed by atoms with E-state index in [1.165, 1.54) is 6.08 Å². The zero-order valence-electron chi connectivity index (χ0n) is 12.0. The zero-order valence-corrected chi connectivity index (χ0v) is 12.0. The van der Waals surface area contributed by atoms with Crippen LogP contribution in [-0.2, 0) is 19.3 Å². The van der Waals surface area contributed by atoms with E-state index < -0.39 is 17.3 Å². The number of ether oxygens (including phenoxy) is 1. The molecule has 0 aromatic carbocycles. The maximum Gasteiger partial charge on any atom is 0.339 e. The van der Waals surface area contributed by atoms with E-state index in [2.05, 4.69) is 6.58 Å². The van der Waals surface area contributed by atoms with E-state index in [9.17, 15) is 9.90 Å². The lowest BCUT2D eigenvalue weighted by molar-refractivity contribution is -0.409. The van der Waals surface area contributed by atoms with E-state index in [1.54, 1.807) is 26.0 Å². The van der Waals surface area contributed by atoms with Gasteiger partial charge in [0.1, 0.15) is 23.1 Å². The van der Waals surface area contributed by atoms with Gasteiger partial charge in [-0.15, -0.1) is 6.58 Å². The Labute approximate surface area is 118 Å². The van der Waals surface area contributed by atoms with Gasteiger partial charge in [0.05, 0.1) is 0 Å². The van der Waals surface area contributed by atoms with Gasteiger partial charge in [0.15, 0.2) is 0 Å². The Morgan fingerprint density at radius 1 is 1.60 bits per heavy atom. The standard InChI is InChI=1S/C15H20O5/c1-5-15(4,17)12-6-7-14(3,20-19-12)9-11-8-10(2)13(16)18-11/h5,8-9,12,17H,1,6-7H2,2-4H3. The van der Waals surface area contributed by atoms with E-state index in [0.29, 0.717) is 24.2 Å². The molecular formula is C15H20O5. The minimum atomic E-state index is -1.13. The second kappa shape index (κ2) is 5.16. The molecule has 0 aromatic rings. The van der Waals surface area contributed by atoms with E-state index in [1.807, 2.05) is 6.92 Å². The molecule has 2 rings (SSSR count). The summed E-state index contributed by atoms with van der Waals surface area (Å²) in [6.07, 6.45) is 5.61. The summed E-state index contributed by atoms with van der Waals surface area (Å²) in [6.45, 7) is 8.74. The molecule has 0 spiro atoms. The first-order valence-electron chi connectivity index (χ1n) is 6.59. The fourth-order valence-corrected chi connectivity index (χ4v) is 2.15. The van der Waals surface area contributed by atoms with Crippen LogP contribution >= 0.6 is 0 Å². The van der Waals surface area contributed by atoms with Gasteiger partial charge in [-0.2, -0.15) is 0 Å². The molecule has 2 aliphatic heterocycles. The molecule has 2 heterocycles. The second-order valence-electron chi connectivity index (χ2n) is 5.71. The minimum absolute atomic E-state index is 0.343. The molecule has 0 amide bonds. The molecule has 110 valence electrons. The Morgan fingerprint density at radius 3 is 2.75 bits per heavy atom. The lowest BCUT2D eigenvalue weighted by Gasteiger charge is -2.38. The average Bonchev–Trinajstić information content (AvgIpc) is 2.68. The van der Waals surface area contributed by atoms with Crippen LogP contribution in [0.4, 0.5) is 0 Å². The van der Waals surface area contributed by atoms with Crippen LogP contribution in [0.1, 0.15) is 33.6 Å². The van der Waals surface area contributed by atoms with Crippen molar-refractivity contribution >= 4 is 5.97 Å². The van der Waals surface area contributed by atoms with Crippen molar-refractivity contribution in [1.29, 1.82) is 0 Å². The van der Waals surface area contributed by atoms with Gasteiger partial charge in [0.2, 0.25) is 0 Å². The molecule has 0 radical (unpaired) electrons. The van der Waals surface area contributed by atoms with Crippen LogP contribution in [0.5, 0.6) is 0 Å². The smallest absolute Gasteiger partial charge is 0.339 e. The van der Waals surface area contributed by atoms with Crippen LogP contribution in [0, 0.1) is 0 Å². The van der Waals surface area contributed by atoms with Gasteiger partial charge in [-0.05, 0) is 45.8 Å². The second-order valence-corrected chi connectivity index (χ2v) is 5.71. The number of esters is 1. The fraction of sp³-hybridized carbons (Fsp3) is 0.533. The first kappa shape index (κ1) is 15.0. The summed E-state index contributed by atoms with van der Waals surface area (Å²) in [4.78, 5) is 22.0. The molecule has 1 N–H and O–H groups in total. The third-order valence-corrected chi connectivity index (χ3v) is 3.66. The summed E-state index contributed by atoms with van der Waals surface area (Å²) < 4.78 is 5.09. The van der Waals surface area contributed by atoms with Gasteiger partial charge in [-0.3, -0.25) is 0 Å². The number of rotatable bonds is 3. The topological polar surface area (TPSA) is 65.0 Å². The van der Waals surface area contributed by atoms with Gasteiger partial charge >= 0.3 is 5.97 Å². The molecule has 3 atom stereocenters. The molecule has 0 saturated carbocycles. The highest BCUT2D eigenvalue weighted by atomic mass is 17.2. The zero-order chi connectivity index (χ0) is 15.0. The van der Waals surface area contributed by atoms with Crippen molar-refractivity contribution in [3.63, 3.8) is 0 Å². The fourth-order valence-electron chi connectivity index (χ4n) is 2.15. The maximum absolute atomic E-state index is 11.3. The van der Waals surface area contributed by atoms with E-state index in [-0.39, 0.29) is 5.97 Å². The number of allylic oxidation sites excluding steroid dienone is 1. The van der Waals surface area contributed by atoms with Crippen molar-refractivity contribution in [2.24, 2.45) is 0 Å². The Balaban J connectivity index is 2.04. The number of cyclic esters (lactones) is 1. The molecule has 1 fully saturated rings. The van der Waals surface area contributed by atoms with Crippen LogP contribution in [0.25, 0.3) is 0 Å². The molecule has 20 heavy (non-hydrogen) atoms. The molecule has 2 aliphatic rings. The van der Waals surface area contributed by atoms with E-state index in [4.69, 9.17) is 14.5 Å². The van der Waals surface area contributed by atoms with Crippen molar-refractivity contribution in [1.82, 2.24) is 0 Å². The highest BCUT2D eigenvalue weighted by molar-refractivity contribution is 5.92. The molecule has 0 aliphatic carbocycles. The highest BCUT2D eigenvalue weighted by Gasteiger charge is 2.40. The molecular weight excluding hydrogens is 260 g/mol. The first-order valence-corrected chi connectivity index (χ1v) is 6.59. The van der Waals surface area contributed by atoms with Gasteiger partial charge in [-0.25, -0.2) is 14.6 Å². The Kier molecular flexibility index (Phi) is 3.86. The molecule has 5 nitrogen and oxygen atoms in total. The number of aliphatic hydroxyl groups is 1. The van der Waals surface area contributed by atoms with Crippen molar-refractivity contribution in [2.75, 3.05) is 0 Å². The molecule has 0 aromatic heterocycles. The quantitative estimate of drug-likeness (QED) is 0.487. The molecule has 1 saturated heterocycles. The lowest BCUT2D eigenvalue weighted by atomic mass is 9.89. The monoisotopic (exact) mass is 280 g/mol. The number of carbonyl (C=O) groups is 1. The highest BCUT2D eigenvalue weighted by Crippen LogP contribution is 2.34. The van der Waals surface area contributed by atoms with Crippen LogP contribution < -0.4 is 0 Å². The van der Waals surface area contributed by atoms with Crippen LogP contribution in [-0.4, -0.2) is 28.4 Å². The molecule has 5 heteroatoms. The predicted molar refractivity (Wildman–Crippen MR) is 72.3 cm³/mol. The Morgan fingerprint density at radius 2 is 2.30 bits per heavy atom. The third-order valence-electron chi connectivity index (χ3n) is 3.66. The summed E-state index contributed by atoms with van der Waals surface area (Å²) in [5.74, 6) is 0.122. The third kappa shape index (κ3) is 3.00. The van der Waals surface area contributed by atoms with Gasteiger partial charge < -0.3 is 9.84 Å². The van der Waals surface area contributed by atoms with Crippen molar-refractivity contribution < 1.29 is 24.4 Å². The van der Waals surface area contributed by atoms with Crippen LogP contribution in [0.15, 0.2) is 36.1 Å². The van der Waals surface area contributed by atoms with Gasteiger partial charge in [0.25, 0.3) is 0 Å². The normalized spacial score (nSPS) is 35.4. The minimum Gasteiger partial charge on any atom is -0.423 e. The van der Waals surface area contributed by atoms with Crippen molar-refractivity contribution in [3.05, 3.63) is 36.1 Å². The Hall–Kier alpha value is -1.43. The first-order chi connectivity index (χ1) is 9.26. The molecule has 3 unspecified atom stereocenters. The summed E-state index contributed by atoms with van der Waals surface area (Å²) in [5, 5.41) is 10.1. The summed E-state index contributed by atoms with van der Waals surface area (Å²) in [5.41, 5.74) is -1.26. The molecule has 0 bridgehead atoms. The summed E-state index contributed by atoms with van der Waals surface area (Å²) in [6, 6.07) is 0.